The minimum Gasteiger partial charge on any atom is -0.391 e. The van der Waals surface area contributed by atoms with Gasteiger partial charge < -0.3 is 10.8 Å². The highest BCUT2D eigenvalue weighted by molar-refractivity contribution is 14.1. The van der Waals surface area contributed by atoms with Crippen molar-refractivity contribution in [2.24, 2.45) is 5.73 Å². The van der Waals surface area contributed by atoms with Crippen molar-refractivity contribution < 1.29 is 5.11 Å². The SMILES string of the molecule is Cc1ccc(I)cc1[C@@H](N)[C@H](C)O. The van der Waals surface area contributed by atoms with E-state index in [1.165, 1.54) is 0 Å². The van der Waals surface area contributed by atoms with Crippen molar-refractivity contribution in [1.82, 2.24) is 0 Å². The van der Waals surface area contributed by atoms with Crippen LogP contribution in [0.5, 0.6) is 0 Å². The van der Waals surface area contributed by atoms with Crippen LogP contribution in [0.4, 0.5) is 0 Å². The van der Waals surface area contributed by atoms with Crippen LogP contribution < -0.4 is 5.73 Å². The van der Waals surface area contributed by atoms with Crippen molar-refractivity contribution in [2.75, 3.05) is 0 Å². The van der Waals surface area contributed by atoms with Crippen molar-refractivity contribution in [1.29, 1.82) is 0 Å². The van der Waals surface area contributed by atoms with Gasteiger partial charge in [-0.25, -0.2) is 0 Å². The van der Waals surface area contributed by atoms with Crippen LogP contribution in [0.2, 0.25) is 0 Å². The van der Waals surface area contributed by atoms with Crippen LogP contribution in [0.3, 0.4) is 0 Å². The summed E-state index contributed by atoms with van der Waals surface area (Å²) < 4.78 is 1.15. The van der Waals surface area contributed by atoms with E-state index in [0.717, 1.165) is 14.7 Å². The first kappa shape index (κ1) is 10.9. The van der Waals surface area contributed by atoms with E-state index < -0.39 is 6.10 Å². The van der Waals surface area contributed by atoms with Crippen LogP contribution in [0.15, 0.2) is 18.2 Å². The van der Waals surface area contributed by atoms with Gasteiger partial charge in [0.2, 0.25) is 0 Å². The van der Waals surface area contributed by atoms with E-state index in [9.17, 15) is 5.11 Å². The van der Waals surface area contributed by atoms with E-state index in [2.05, 4.69) is 22.6 Å². The first-order valence-electron chi connectivity index (χ1n) is 4.22. The summed E-state index contributed by atoms with van der Waals surface area (Å²) in [5.74, 6) is 0. The van der Waals surface area contributed by atoms with E-state index in [4.69, 9.17) is 5.73 Å². The van der Waals surface area contributed by atoms with Gasteiger partial charge in [-0.1, -0.05) is 6.07 Å². The first-order valence-corrected chi connectivity index (χ1v) is 5.30. The first-order chi connectivity index (χ1) is 6.02. The van der Waals surface area contributed by atoms with E-state index in [1.807, 2.05) is 25.1 Å². The van der Waals surface area contributed by atoms with Gasteiger partial charge in [0.15, 0.2) is 0 Å². The minimum absolute atomic E-state index is 0.283. The van der Waals surface area contributed by atoms with Gasteiger partial charge >= 0.3 is 0 Å². The largest absolute Gasteiger partial charge is 0.391 e. The van der Waals surface area contributed by atoms with E-state index in [0.29, 0.717) is 0 Å². The highest BCUT2D eigenvalue weighted by Crippen LogP contribution is 2.20. The van der Waals surface area contributed by atoms with E-state index in [-0.39, 0.29) is 6.04 Å². The van der Waals surface area contributed by atoms with Crippen molar-refractivity contribution in [3.63, 3.8) is 0 Å². The maximum Gasteiger partial charge on any atom is 0.0704 e. The Labute approximate surface area is 92.3 Å². The van der Waals surface area contributed by atoms with Crippen molar-refractivity contribution in [3.05, 3.63) is 32.9 Å². The number of aryl methyl sites for hydroxylation is 1. The number of rotatable bonds is 2. The summed E-state index contributed by atoms with van der Waals surface area (Å²) in [6, 6.07) is 5.80. The average molecular weight is 291 g/mol. The molecule has 0 aromatic heterocycles. The van der Waals surface area contributed by atoms with Crippen LogP contribution in [-0.2, 0) is 0 Å². The van der Waals surface area contributed by atoms with Gasteiger partial charge in [0, 0.05) is 3.57 Å². The molecule has 2 nitrogen and oxygen atoms in total. The molecule has 0 saturated heterocycles. The summed E-state index contributed by atoms with van der Waals surface area (Å²) in [4.78, 5) is 0. The lowest BCUT2D eigenvalue weighted by Crippen LogP contribution is -2.24. The van der Waals surface area contributed by atoms with Crippen LogP contribution in [0.25, 0.3) is 0 Å². The predicted octanol–water partition coefficient (Wildman–Crippen LogP) is 1.98. The molecule has 0 spiro atoms. The molecule has 0 fully saturated rings. The molecular formula is C10H14INO. The van der Waals surface area contributed by atoms with Crippen molar-refractivity contribution in [3.8, 4) is 0 Å². The maximum atomic E-state index is 9.36. The standard InChI is InChI=1S/C10H14INO/c1-6-3-4-8(11)5-9(6)10(12)7(2)13/h3-5,7,10,13H,12H2,1-2H3/t7-,10-/m0/s1. The third kappa shape index (κ3) is 2.65. The molecule has 0 aliphatic rings. The maximum absolute atomic E-state index is 9.36. The fourth-order valence-corrected chi connectivity index (χ4v) is 1.75. The summed E-state index contributed by atoms with van der Waals surface area (Å²) in [5, 5.41) is 9.36. The van der Waals surface area contributed by atoms with Crippen molar-refractivity contribution >= 4 is 22.6 Å². The monoisotopic (exact) mass is 291 g/mol. The van der Waals surface area contributed by atoms with Crippen LogP contribution in [0.1, 0.15) is 24.1 Å². The third-order valence-corrected chi connectivity index (χ3v) is 2.79. The van der Waals surface area contributed by atoms with Gasteiger partial charge in [-0.3, -0.25) is 0 Å². The fourth-order valence-electron chi connectivity index (χ4n) is 1.23. The molecule has 0 bridgehead atoms. The average Bonchev–Trinajstić information content (AvgIpc) is 2.08. The molecule has 0 amide bonds. The number of nitrogens with two attached hydrogens (primary N) is 1. The summed E-state index contributed by atoms with van der Waals surface area (Å²) >= 11 is 2.24. The summed E-state index contributed by atoms with van der Waals surface area (Å²) in [7, 11) is 0. The quantitative estimate of drug-likeness (QED) is 0.818. The lowest BCUT2D eigenvalue weighted by molar-refractivity contribution is 0.164. The molecule has 2 atom stereocenters. The third-order valence-electron chi connectivity index (χ3n) is 2.12. The van der Waals surface area contributed by atoms with Crippen molar-refractivity contribution in [2.45, 2.75) is 26.0 Å². The summed E-state index contributed by atoms with van der Waals surface area (Å²) in [6.45, 7) is 3.72. The van der Waals surface area contributed by atoms with Gasteiger partial charge in [-0.2, -0.15) is 0 Å². The highest BCUT2D eigenvalue weighted by atomic mass is 127. The number of aliphatic hydroxyl groups excluding tert-OH is 1. The molecule has 0 aliphatic heterocycles. The minimum atomic E-state index is -0.503. The van der Waals surface area contributed by atoms with Crippen LogP contribution in [0, 0.1) is 10.5 Å². The lowest BCUT2D eigenvalue weighted by atomic mass is 9.99. The second-order valence-electron chi connectivity index (χ2n) is 3.27. The highest BCUT2D eigenvalue weighted by Gasteiger charge is 2.14. The lowest BCUT2D eigenvalue weighted by Gasteiger charge is -2.17. The second kappa shape index (κ2) is 4.39. The normalized spacial score (nSPS) is 15.5. The number of aliphatic hydroxyl groups is 1. The number of hydrogen-bond donors (Lipinski definition) is 2. The Hall–Kier alpha value is -0.130. The number of halogens is 1. The van der Waals surface area contributed by atoms with Gasteiger partial charge in [0.25, 0.3) is 0 Å². The van der Waals surface area contributed by atoms with Gasteiger partial charge in [-0.05, 0) is 59.7 Å². The smallest absolute Gasteiger partial charge is 0.0704 e. The molecule has 72 valence electrons. The molecule has 0 unspecified atom stereocenters. The molecule has 3 heteroatoms. The summed E-state index contributed by atoms with van der Waals surface area (Å²) in [6.07, 6.45) is -0.503. The molecular weight excluding hydrogens is 277 g/mol. The molecule has 1 aromatic rings. The molecule has 1 rings (SSSR count). The Bertz CT molecular complexity index is 299. The van der Waals surface area contributed by atoms with Gasteiger partial charge in [0.05, 0.1) is 12.1 Å². The van der Waals surface area contributed by atoms with E-state index in [1.54, 1.807) is 6.92 Å². The molecule has 0 radical (unpaired) electrons. The molecule has 3 N–H and O–H groups in total. The Kier molecular flexibility index (Phi) is 3.70. The zero-order valence-electron chi connectivity index (χ0n) is 7.79. The van der Waals surface area contributed by atoms with Crippen LogP contribution in [-0.4, -0.2) is 11.2 Å². The molecule has 0 aliphatic carbocycles. The molecule has 1 aromatic carbocycles. The fraction of sp³-hybridized carbons (Fsp3) is 0.400. The second-order valence-corrected chi connectivity index (χ2v) is 4.51. The zero-order chi connectivity index (χ0) is 10.0. The zero-order valence-corrected chi connectivity index (χ0v) is 9.95. The topological polar surface area (TPSA) is 46.2 Å². The molecule has 0 saturated carbocycles. The summed E-state index contributed by atoms with van der Waals surface area (Å²) in [5.41, 5.74) is 8.02. The molecule has 13 heavy (non-hydrogen) atoms. The molecule has 0 heterocycles. The Morgan fingerprint density at radius 3 is 2.62 bits per heavy atom. The van der Waals surface area contributed by atoms with E-state index >= 15 is 0 Å². The Morgan fingerprint density at radius 2 is 2.08 bits per heavy atom. The number of hydrogen-bond acceptors (Lipinski definition) is 2. The Balaban J connectivity index is 3.05. The Morgan fingerprint density at radius 1 is 1.46 bits per heavy atom. The van der Waals surface area contributed by atoms with Crippen LogP contribution >= 0.6 is 22.6 Å². The predicted molar refractivity (Wildman–Crippen MR) is 62.5 cm³/mol. The number of benzene rings is 1. The van der Waals surface area contributed by atoms with Gasteiger partial charge in [-0.15, -0.1) is 0 Å². The van der Waals surface area contributed by atoms with Gasteiger partial charge in [0.1, 0.15) is 0 Å².